The third-order valence-electron chi connectivity index (χ3n) is 9.36. The zero-order chi connectivity index (χ0) is 33.1. The average molecular weight is 637 g/mol. The molecule has 1 saturated heterocycles. The first-order valence-corrected chi connectivity index (χ1v) is 16.3. The van der Waals surface area contributed by atoms with Gasteiger partial charge in [0, 0.05) is 35.8 Å². The molecular formula is C37H40N4O6. The van der Waals surface area contributed by atoms with Gasteiger partial charge in [-0.2, -0.15) is 0 Å². The van der Waals surface area contributed by atoms with Crippen LogP contribution in [0.3, 0.4) is 0 Å². The molecule has 3 amide bonds. The molecule has 10 heteroatoms. The maximum atomic E-state index is 14.2. The van der Waals surface area contributed by atoms with Crippen LogP contribution in [0.5, 0.6) is 5.75 Å². The van der Waals surface area contributed by atoms with Crippen LogP contribution in [-0.4, -0.2) is 69.0 Å². The summed E-state index contributed by atoms with van der Waals surface area (Å²) in [6.45, 7) is 5.81. The lowest BCUT2D eigenvalue weighted by molar-refractivity contribution is -0.146. The number of carbonyl (C=O) groups excluding carboxylic acids is 3. The van der Waals surface area contributed by atoms with E-state index in [1.165, 1.54) is 11.0 Å². The average Bonchev–Trinajstić information content (AvgIpc) is 3.64. The summed E-state index contributed by atoms with van der Waals surface area (Å²) in [5, 5.41) is 16.4. The van der Waals surface area contributed by atoms with Gasteiger partial charge < -0.3 is 25.4 Å². The van der Waals surface area contributed by atoms with E-state index < -0.39 is 41.5 Å². The fourth-order valence-corrected chi connectivity index (χ4v) is 6.61. The number of hydrogen-bond acceptors (Lipinski definition) is 6. The summed E-state index contributed by atoms with van der Waals surface area (Å²) < 4.78 is 6.68. The van der Waals surface area contributed by atoms with Crippen molar-refractivity contribution in [1.82, 2.24) is 20.5 Å². The summed E-state index contributed by atoms with van der Waals surface area (Å²) in [4.78, 5) is 59.6. The Balaban J connectivity index is 1.40. The van der Waals surface area contributed by atoms with Crippen molar-refractivity contribution in [3.8, 4) is 17.0 Å². The van der Waals surface area contributed by atoms with Gasteiger partial charge in [-0.25, -0.2) is 9.78 Å². The van der Waals surface area contributed by atoms with Gasteiger partial charge in [-0.3, -0.25) is 14.4 Å². The number of allylic oxidation sites excluding steroid dienone is 1. The van der Waals surface area contributed by atoms with Gasteiger partial charge in [-0.05, 0) is 37.0 Å². The summed E-state index contributed by atoms with van der Waals surface area (Å²) >= 11 is 0. The number of rotatable bonds is 8. The highest BCUT2D eigenvalue weighted by atomic mass is 16.5. The first kappa shape index (κ1) is 32.0. The van der Waals surface area contributed by atoms with Crippen molar-refractivity contribution in [2.75, 3.05) is 6.54 Å². The van der Waals surface area contributed by atoms with Crippen LogP contribution < -0.4 is 15.4 Å². The molecule has 0 unspecified atom stereocenters. The Bertz CT molecular complexity index is 1740. The van der Waals surface area contributed by atoms with Gasteiger partial charge >= 0.3 is 5.97 Å². The molecular weight excluding hydrogens is 596 g/mol. The van der Waals surface area contributed by atoms with Crippen molar-refractivity contribution in [1.29, 1.82) is 0 Å². The third kappa shape index (κ3) is 6.63. The van der Waals surface area contributed by atoms with Gasteiger partial charge in [-0.1, -0.05) is 74.4 Å². The molecule has 244 valence electrons. The number of fused-ring (bicyclic) bond motifs is 3. The number of nitrogens with zero attached hydrogens (tertiary/aromatic N) is 2. The third-order valence-corrected chi connectivity index (χ3v) is 9.36. The lowest BCUT2D eigenvalue weighted by atomic mass is 10.1. The van der Waals surface area contributed by atoms with Crippen LogP contribution in [0.25, 0.3) is 28.2 Å². The fraction of sp³-hybridized carbons (Fsp3) is 0.378. The number of aliphatic carboxylic acids is 1. The molecule has 47 heavy (non-hydrogen) atoms. The standard InChI is InChI=1S/C37H40N4O6/c1-3-5-14-29-35(44)41-22-26(19-31(41)34(43)40-37(36(45)46)21-25(37)4-2)47-32-20-30(24-12-7-6-8-13-24)38-28-17-16-23(18-27(28)32)11-9-10-15-33(42)39-29/h4,6-9,11-13,16-18,20,25-26,29,31H,2-3,5,10,14-15,19,21-22H2,1H3,(H,39,42)(H,40,43)(H,45,46)/b11-9-/t25-,26-,29+,31+,37-/m1/s1. The maximum absolute atomic E-state index is 14.2. The van der Waals surface area contributed by atoms with Crippen LogP contribution in [0.15, 0.2) is 73.3 Å². The molecule has 0 spiro atoms. The Morgan fingerprint density at radius 1 is 1.19 bits per heavy atom. The van der Waals surface area contributed by atoms with E-state index in [2.05, 4.69) is 17.2 Å². The number of amides is 3. The number of unbranched alkanes of at least 4 members (excludes halogenated alkanes) is 1. The van der Waals surface area contributed by atoms with Crippen LogP contribution in [-0.2, 0) is 19.2 Å². The highest BCUT2D eigenvalue weighted by Crippen LogP contribution is 2.45. The van der Waals surface area contributed by atoms with Gasteiger partial charge in [0.15, 0.2) is 0 Å². The molecule has 2 fully saturated rings. The van der Waals surface area contributed by atoms with E-state index >= 15 is 0 Å². The Kier molecular flexibility index (Phi) is 9.11. The Morgan fingerprint density at radius 3 is 2.72 bits per heavy atom. The lowest BCUT2D eigenvalue weighted by Gasteiger charge is -2.29. The van der Waals surface area contributed by atoms with Crippen LogP contribution in [0.1, 0.15) is 57.4 Å². The molecule has 1 saturated carbocycles. The molecule has 4 bridgehead atoms. The second-order valence-electron chi connectivity index (χ2n) is 12.6. The highest BCUT2D eigenvalue weighted by Gasteiger charge is 2.61. The van der Waals surface area contributed by atoms with Crippen molar-refractivity contribution in [3.05, 3.63) is 78.9 Å². The predicted molar refractivity (Wildman–Crippen MR) is 178 cm³/mol. The number of benzene rings is 2. The minimum Gasteiger partial charge on any atom is -0.488 e. The van der Waals surface area contributed by atoms with Crippen molar-refractivity contribution in [3.63, 3.8) is 0 Å². The van der Waals surface area contributed by atoms with E-state index in [1.807, 2.05) is 73.7 Å². The van der Waals surface area contributed by atoms with E-state index in [0.29, 0.717) is 25.0 Å². The molecule has 3 heterocycles. The Labute approximate surface area is 273 Å². The summed E-state index contributed by atoms with van der Waals surface area (Å²) in [5.74, 6) is -2.17. The van der Waals surface area contributed by atoms with Crippen molar-refractivity contribution >= 4 is 40.7 Å². The molecule has 6 rings (SSSR count). The quantitative estimate of drug-likeness (QED) is 0.300. The Hall–Kier alpha value is -4.99. The minimum atomic E-state index is -1.45. The van der Waals surface area contributed by atoms with Gasteiger partial charge in [-0.15, -0.1) is 6.58 Å². The summed E-state index contributed by atoms with van der Waals surface area (Å²) in [7, 11) is 0. The molecule has 3 aliphatic rings. The summed E-state index contributed by atoms with van der Waals surface area (Å²) in [6, 6.07) is 15.7. The molecule has 1 aliphatic carbocycles. The molecule has 1 aromatic heterocycles. The lowest BCUT2D eigenvalue weighted by Crippen LogP contribution is -2.56. The molecule has 10 nitrogen and oxygen atoms in total. The number of hydrogen-bond donors (Lipinski definition) is 3. The van der Waals surface area contributed by atoms with Crippen molar-refractivity contribution < 1.29 is 29.0 Å². The number of aromatic nitrogens is 1. The van der Waals surface area contributed by atoms with E-state index in [0.717, 1.165) is 34.1 Å². The SMILES string of the molecule is C=C[C@@H]1C[C@]1(NC(=O)[C@@H]1C[C@@H]2CN1C(=O)[C@H](CCCC)NC(=O)CC/C=C\c1ccc3nc(-c4ccccc4)cc(c3c1)O2)C(=O)O. The fourth-order valence-electron chi connectivity index (χ4n) is 6.61. The molecule has 2 aliphatic heterocycles. The minimum absolute atomic E-state index is 0.0878. The topological polar surface area (TPSA) is 138 Å². The first-order chi connectivity index (χ1) is 22.7. The van der Waals surface area contributed by atoms with E-state index in [1.54, 1.807) is 0 Å². The zero-order valence-electron chi connectivity index (χ0n) is 26.5. The number of nitrogens with one attached hydrogen (secondary N) is 2. The summed E-state index contributed by atoms with van der Waals surface area (Å²) in [5.41, 5.74) is 1.84. The maximum Gasteiger partial charge on any atom is 0.330 e. The van der Waals surface area contributed by atoms with Gasteiger partial charge in [0.1, 0.15) is 29.5 Å². The second kappa shape index (κ2) is 13.4. The number of carboxylic acids is 1. The second-order valence-corrected chi connectivity index (χ2v) is 12.6. The van der Waals surface area contributed by atoms with E-state index in [9.17, 15) is 24.3 Å². The monoisotopic (exact) mass is 636 g/mol. The number of carbonyl (C=O) groups is 4. The van der Waals surface area contributed by atoms with E-state index in [4.69, 9.17) is 9.72 Å². The Morgan fingerprint density at radius 2 is 2.00 bits per heavy atom. The van der Waals surface area contributed by atoms with Gasteiger partial charge in [0.2, 0.25) is 17.7 Å². The van der Waals surface area contributed by atoms with Crippen molar-refractivity contribution in [2.45, 2.75) is 75.6 Å². The first-order valence-electron chi connectivity index (χ1n) is 16.3. The molecule has 3 N–H and O–H groups in total. The molecule has 0 radical (unpaired) electrons. The van der Waals surface area contributed by atoms with Crippen LogP contribution in [0, 0.1) is 5.92 Å². The number of pyridine rings is 1. The van der Waals surface area contributed by atoms with Gasteiger partial charge in [0.05, 0.1) is 17.8 Å². The van der Waals surface area contributed by atoms with Crippen LogP contribution in [0.4, 0.5) is 0 Å². The summed E-state index contributed by atoms with van der Waals surface area (Å²) in [6.07, 6.45) is 7.83. The van der Waals surface area contributed by atoms with Crippen LogP contribution >= 0.6 is 0 Å². The number of carboxylic acid groups (broad SMARTS) is 1. The predicted octanol–water partition coefficient (Wildman–Crippen LogP) is 4.88. The van der Waals surface area contributed by atoms with Gasteiger partial charge in [0.25, 0.3) is 0 Å². The molecule has 5 atom stereocenters. The largest absolute Gasteiger partial charge is 0.488 e. The zero-order valence-corrected chi connectivity index (χ0v) is 26.5. The molecule has 2 aromatic carbocycles. The van der Waals surface area contributed by atoms with Crippen LogP contribution in [0.2, 0.25) is 0 Å². The van der Waals surface area contributed by atoms with E-state index in [-0.39, 0.29) is 37.6 Å². The normalized spacial score (nSPS) is 26.4. The highest BCUT2D eigenvalue weighted by molar-refractivity contribution is 5.96. The molecule has 3 aromatic rings. The van der Waals surface area contributed by atoms with Crippen molar-refractivity contribution in [2.24, 2.45) is 5.92 Å². The smallest absolute Gasteiger partial charge is 0.330 e. The number of ether oxygens (including phenoxy) is 1.